The minimum atomic E-state index is -3.87. The van der Waals surface area contributed by atoms with Crippen molar-refractivity contribution < 1.29 is 13.2 Å². The molecule has 0 aliphatic heterocycles. The molecule has 76 valence electrons. The molecule has 2 N–H and O–H groups in total. The summed E-state index contributed by atoms with van der Waals surface area (Å²) in [6.45, 7) is 1.21. The predicted molar refractivity (Wildman–Crippen MR) is 53.0 cm³/mol. The van der Waals surface area contributed by atoms with E-state index in [0.29, 0.717) is 5.56 Å². The molecule has 1 atom stereocenters. The summed E-state index contributed by atoms with van der Waals surface area (Å²) in [5.41, 5.74) is 0.405. The highest BCUT2D eigenvalue weighted by Gasteiger charge is 2.27. The summed E-state index contributed by atoms with van der Waals surface area (Å²) in [6, 6.07) is 8.20. The predicted octanol–water partition coefficient (Wildman–Crippen LogP) is 0.605. The van der Waals surface area contributed by atoms with E-state index in [1.54, 1.807) is 30.3 Å². The molecule has 0 aliphatic rings. The van der Waals surface area contributed by atoms with E-state index in [9.17, 15) is 13.2 Å². The molecule has 5 heteroatoms. The van der Waals surface area contributed by atoms with Gasteiger partial charge in [-0.3, -0.25) is 4.79 Å². The van der Waals surface area contributed by atoms with Crippen LogP contribution in [0.5, 0.6) is 0 Å². The lowest BCUT2D eigenvalue weighted by Gasteiger charge is -2.10. The third-order valence-electron chi connectivity index (χ3n) is 1.80. The van der Waals surface area contributed by atoms with Crippen LogP contribution in [-0.4, -0.2) is 14.2 Å². The van der Waals surface area contributed by atoms with Gasteiger partial charge in [-0.1, -0.05) is 30.3 Å². The number of primary sulfonamides is 1. The van der Waals surface area contributed by atoms with Gasteiger partial charge in [0.15, 0.2) is 11.0 Å². The number of carbonyl (C=O) groups excluding carboxylic acids is 1. The zero-order valence-electron chi connectivity index (χ0n) is 7.67. The molecule has 0 amide bonds. The van der Waals surface area contributed by atoms with Gasteiger partial charge in [-0.15, -0.1) is 0 Å². The molecular formula is C9H11NO3S. The second kappa shape index (κ2) is 3.89. The summed E-state index contributed by atoms with van der Waals surface area (Å²) in [5.74, 6) is -0.473. The summed E-state index contributed by atoms with van der Waals surface area (Å²) >= 11 is 0. The van der Waals surface area contributed by atoms with Gasteiger partial charge >= 0.3 is 0 Å². The van der Waals surface area contributed by atoms with Crippen molar-refractivity contribution in [2.24, 2.45) is 5.14 Å². The first kappa shape index (κ1) is 10.9. The Balaban J connectivity index is 3.22. The maximum absolute atomic E-state index is 11.1. The van der Waals surface area contributed by atoms with Crippen molar-refractivity contribution in [1.29, 1.82) is 0 Å². The van der Waals surface area contributed by atoms with Gasteiger partial charge in [0.05, 0.1) is 0 Å². The number of sulfonamides is 1. The zero-order chi connectivity index (χ0) is 10.8. The molecule has 0 radical (unpaired) electrons. The van der Waals surface area contributed by atoms with Crippen LogP contribution in [0, 0.1) is 0 Å². The summed E-state index contributed by atoms with van der Waals surface area (Å²) in [7, 11) is -3.87. The molecule has 0 heterocycles. The van der Waals surface area contributed by atoms with Crippen molar-refractivity contribution in [2.75, 3.05) is 0 Å². The van der Waals surface area contributed by atoms with Crippen molar-refractivity contribution in [3.05, 3.63) is 35.9 Å². The van der Waals surface area contributed by atoms with E-state index in [-0.39, 0.29) is 0 Å². The number of hydrogen-bond donors (Lipinski definition) is 1. The van der Waals surface area contributed by atoms with E-state index in [4.69, 9.17) is 5.14 Å². The second-order valence-electron chi connectivity index (χ2n) is 2.99. The van der Waals surface area contributed by atoms with Crippen molar-refractivity contribution in [3.8, 4) is 0 Å². The Bertz CT molecular complexity index is 425. The highest BCUT2D eigenvalue weighted by molar-refractivity contribution is 7.90. The van der Waals surface area contributed by atoms with Crippen LogP contribution >= 0.6 is 0 Å². The van der Waals surface area contributed by atoms with Crippen molar-refractivity contribution in [1.82, 2.24) is 0 Å². The number of Topliss-reactive ketones (excluding diaryl/α,β-unsaturated/α-hetero) is 1. The maximum Gasteiger partial charge on any atom is 0.223 e. The van der Waals surface area contributed by atoms with Crippen LogP contribution in [0.3, 0.4) is 0 Å². The Morgan fingerprint density at radius 3 is 2.14 bits per heavy atom. The fourth-order valence-corrected chi connectivity index (χ4v) is 2.28. The zero-order valence-corrected chi connectivity index (χ0v) is 8.49. The molecule has 1 rings (SSSR count). The molecule has 0 saturated carbocycles. The van der Waals surface area contributed by atoms with E-state index in [1.807, 2.05) is 0 Å². The van der Waals surface area contributed by atoms with E-state index in [1.165, 1.54) is 6.92 Å². The number of ketones is 1. The van der Waals surface area contributed by atoms with E-state index >= 15 is 0 Å². The Hall–Kier alpha value is -1.20. The molecule has 1 aromatic carbocycles. The van der Waals surface area contributed by atoms with Gasteiger partial charge in [0.2, 0.25) is 10.0 Å². The average molecular weight is 213 g/mol. The lowest BCUT2D eigenvalue weighted by molar-refractivity contribution is -0.116. The van der Waals surface area contributed by atoms with Crippen LogP contribution in [0.1, 0.15) is 17.7 Å². The molecular weight excluding hydrogens is 202 g/mol. The topological polar surface area (TPSA) is 77.2 Å². The van der Waals surface area contributed by atoms with E-state index < -0.39 is 21.1 Å². The smallest absolute Gasteiger partial charge is 0.223 e. The van der Waals surface area contributed by atoms with Crippen molar-refractivity contribution in [2.45, 2.75) is 12.2 Å². The number of carbonyl (C=O) groups is 1. The van der Waals surface area contributed by atoms with Crippen LogP contribution < -0.4 is 5.14 Å². The van der Waals surface area contributed by atoms with Crippen molar-refractivity contribution in [3.63, 3.8) is 0 Å². The maximum atomic E-state index is 11.1. The minimum Gasteiger partial charge on any atom is -0.298 e. The molecule has 1 aromatic rings. The van der Waals surface area contributed by atoms with Crippen LogP contribution in [0.2, 0.25) is 0 Å². The number of rotatable bonds is 3. The highest BCUT2D eigenvalue weighted by atomic mass is 32.2. The summed E-state index contributed by atoms with van der Waals surface area (Å²) in [5, 5.41) is 3.72. The first-order valence-electron chi connectivity index (χ1n) is 4.00. The van der Waals surface area contributed by atoms with Gasteiger partial charge < -0.3 is 0 Å². The van der Waals surface area contributed by atoms with Gasteiger partial charge in [-0.05, 0) is 12.5 Å². The fourth-order valence-electron chi connectivity index (χ4n) is 1.28. The normalized spacial score (nSPS) is 13.6. The molecule has 0 saturated heterocycles. The second-order valence-corrected chi connectivity index (χ2v) is 4.64. The third-order valence-corrected chi connectivity index (χ3v) is 3.06. The van der Waals surface area contributed by atoms with Crippen LogP contribution in [-0.2, 0) is 14.8 Å². The minimum absolute atomic E-state index is 0.405. The van der Waals surface area contributed by atoms with Crippen molar-refractivity contribution >= 4 is 15.8 Å². The molecule has 0 fully saturated rings. The molecule has 0 bridgehead atoms. The van der Waals surface area contributed by atoms with Crippen LogP contribution in [0.4, 0.5) is 0 Å². The van der Waals surface area contributed by atoms with Gasteiger partial charge in [-0.2, -0.15) is 0 Å². The van der Waals surface area contributed by atoms with Crippen LogP contribution in [0.25, 0.3) is 0 Å². The highest BCUT2D eigenvalue weighted by Crippen LogP contribution is 2.20. The Morgan fingerprint density at radius 1 is 1.29 bits per heavy atom. The fraction of sp³-hybridized carbons (Fsp3) is 0.222. The molecule has 0 spiro atoms. The largest absolute Gasteiger partial charge is 0.298 e. The first-order chi connectivity index (χ1) is 6.43. The standard InChI is InChI=1S/C9H11NO3S/c1-7(11)9(14(10,12)13)8-5-3-2-4-6-8/h2-6,9H,1H3,(H2,10,12,13). The molecule has 14 heavy (non-hydrogen) atoms. The SMILES string of the molecule is CC(=O)C(c1ccccc1)S(N)(=O)=O. The lowest BCUT2D eigenvalue weighted by Crippen LogP contribution is -2.26. The summed E-state index contributed by atoms with van der Waals surface area (Å²) in [6.07, 6.45) is 0. The molecule has 0 aromatic heterocycles. The molecule has 4 nitrogen and oxygen atoms in total. The lowest BCUT2D eigenvalue weighted by atomic mass is 10.1. The van der Waals surface area contributed by atoms with Gasteiger partial charge in [0.25, 0.3) is 0 Å². The monoisotopic (exact) mass is 213 g/mol. The Labute approximate surface area is 82.8 Å². The first-order valence-corrected chi connectivity index (χ1v) is 5.61. The van der Waals surface area contributed by atoms with Gasteiger partial charge in [-0.25, -0.2) is 13.6 Å². The molecule has 0 aliphatic carbocycles. The third kappa shape index (κ3) is 2.40. The number of hydrogen-bond acceptors (Lipinski definition) is 3. The number of nitrogens with two attached hydrogens (primary N) is 1. The van der Waals surface area contributed by atoms with Gasteiger partial charge in [0.1, 0.15) is 0 Å². The number of benzene rings is 1. The quantitative estimate of drug-likeness (QED) is 0.798. The van der Waals surface area contributed by atoms with Gasteiger partial charge in [0, 0.05) is 0 Å². The Morgan fingerprint density at radius 2 is 1.79 bits per heavy atom. The average Bonchev–Trinajstić information content (AvgIpc) is 2.02. The van der Waals surface area contributed by atoms with E-state index in [2.05, 4.69) is 0 Å². The summed E-state index contributed by atoms with van der Waals surface area (Å²) in [4.78, 5) is 11.1. The summed E-state index contributed by atoms with van der Waals surface area (Å²) < 4.78 is 22.3. The molecule has 1 unspecified atom stereocenters. The van der Waals surface area contributed by atoms with Crippen LogP contribution in [0.15, 0.2) is 30.3 Å². The Kier molecular flexibility index (Phi) is 3.03. The van der Waals surface area contributed by atoms with E-state index in [0.717, 1.165) is 0 Å².